The van der Waals surface area contributed by atoms with Crippen LogP contribution in [-0.2, 0) is 11.3 Å². The van der Waals surface area contributed by atoms with Gasteiger partial charge in [0.25, 0.3) is 5.91 Å². The molecule has 0 unspecified atom stereocenters. The lowest BCUT2D eigenvalue weighted by atomic mass is 9.86. The average Bonchev–Trinajstić information content (AvgIpc) is 3.34. The number of aliphatic carboxylic acids is 1. The fraction of sp³-hybridized carbons (Fsp3) is 0.300. The van der Waals surface area contributed by atoms with E-state index in [4.69, 9.17) is 4.74 Å². The van der Waals surface area contributed by atoms with E-state index in [1.165, 1.54) is 12.1 Å². The highest BCUT2D eigenvalue weighted by molar-refractivity contribution is 6.06. The molecule has 0 bridgehead atoms. The summed E-state index contributed by atoms with van der Waals surface area (Å²) in [5.41, 5.74) is 3.98. The van der Waals surface area contributed by atoms with Crippen molar-refractivity contribution in [1.29, 1.82) is 0 Å². The molecule has 7 nitrogen and oxygen atoms in total. The van der Waals surface area contributed by atoms with Crippen molar-refractivity contribution in [3.63, 3.8) is 0 Å². The number of benzene rings is 2. The summed E-state index contributed by atoms with van der Waals surface area (Å²) in [6.45, 7) is 2.94. The lowest BCUT2D eigenvalue weighted by Gasteiger charge is -2.27. The van der Waals surface area contributed by atoms with Crippen molar-refractivity contribution < 1.29 is 23.8 Å². The van der Waals surface area contributed by atoms with E-state index in [2.05, 4.69) is 10.3 Å². The summed E-state index contributed by atoms with van der Waals surface area (Å²) >= 11 is 0. The molecule has 5 rings (SSSR count). The Balaban J connectivity index is 1.35. The lowest BCUT2D eigenvalue weighted by Crippen LogP contribution is -2.38. The molecule has 4 aromatic rings. The van der Waals surface area contributed by atoms with Crippen molar-refractivity contribution in [2.75, 3.05) is 6.61 Å². The first-order valence-electron chi connectivity index (χ1n) is 12.9. The van der Waals surface area contributed by atoms with Crippen LogP contribution in [-0.4, -0.2) is 39.2 Å². The third kappa shape index (κ3) is 5.39. The van der Waals surface area contributed by atoms with Gasteiger partial charge in [-0.25, -0.2) is 9.37 Å². The smallest absolute Gasteiger partial charge is 0.306 e. The monoisotopic (exact) mass is 515 g/mol. The molecule has 38 heavy (non-hydrogen) atoms. The SMILES string of the molecule is CCOc1cc(-c2ccc(Cn3ccc4c(F)ccc(C(=O)NC5CCC(C(=O)O)CC5)c43)cc2)ccn1. The van der Waals surface area contributed by atoms with Crippen molar-refractivity contribution in [2.24, 2.45) is 5.92 Å². The summed E-state index contributed by atoms with van der Waals surface area (Å²) in [6, 6.07) is 16.4. The second-order valence-electron chi connectivity index (χ2n) is 9.67. The fourth-order valence-electron chi connectivity index (χ4n) is 5.17. The Morgan fingerprint density at radius 1 is 1.05 bits per heavy atom. The number of aromatic nitrogens is 2. The van der Waals surface area contributed by atoms with Crippen LogP contribution in [0.2, 0.25) is 0 Å². The number of rotatable bonds is 8. The number of fused-ring (bicyclic) bond motifs is 1. The Morgan fingerprint density at radius 2 is 1.82 bits per heavy atom. The average molecular weight is 516 g/mol. The summed E-state index contributed by atoms with van der Waals surface area (Å²) in [5.74, 6) is -1.20. The minimum absolute atomic E-state index is 0.0920. The standard InChI is InChI=1S/C30H30FN3O4/c1-2-38-27-17-22(13-15-32-27)20-5-3-19(4-6-20)18-34-16-14-24-26(31)12-11-25(28(24)34)29(35)33-23-9-7-21(8-10-23)30(36)37/h3-6,11-17,21,23H,2,7-10,18H2,1H3,(H,33,35)(H,36,37). The predicted molar refractivity (Wildman–Crippen MR) is 143 cm³/mol. The van der Waals surface area contributed by atoms with E-state index in [-0.39, 0.29) is 23.7 Å². The van der Waals surface area contributed by atoms with E-state index in [0.29, 0.717) is 61.2 Å². The third-order valence-corrected chi connectivity index (χ3v) is 7.20. The first-order chi connectivity index (χ1) is 18.4. The van der Waals surface area contributed by atoms with Gasteiger partial charge in [-0.3, -0.25) is 9.59 Å². The second-order valence-corrected chi connectivity index (χ2v) is 9.67. The van der Waals surface area contributed by atoms with Gasteiger partial charge in [0.1, 0.15) is 5.82 Å². The minimum Gasteiger partial charge on any atom is -0.481 e. The molecule has 1 aliphatic rings. The molecule has 2 N–H and O–H groups in total. The van der Waals surface area contributed by atoms with Gasteiger partial charge in [0, 0.05) is 36.4 Å². The molecule has 1 aliphatic carbocycles. The molecular weight excluding hydrogens is 485 g/mol. The summed E-state index contributed by atoms with van der Waals surface area (Å²) in [5, 5.41) is 12.7. The molecule has 1 fully saturated rings. The Labute approximate surface area is 220 Å². The van der Waals surface area contributed by atoms with E-state index in [1.807, 2.05) is 47.9 Å². The molecule has 2 aromatic heterocycles. The molecule has 2 heterocycles. The normalized spacial score (nSPS) is 17.3. The highest BCUT2D eigenvalue weighted by Gasteiger charge is 2.27. The van der Waals surface area contributed by atoms with E-state index in [9.17, 15) is 19.1 Å². The molecule has 1 amide bonds. The molecule has 0 atom stereocenters. The predicted octanol–water partition coefficient (Wildman–Crippen LogP) is 5.66. The molecule has 0 aliphatic heterocycles. The number of nitrogens with one attached hydrogen (secondary N) is 1. The minimum atomic E-state index is -0.781. The second kappa shape index (κ2) is 11.0. The van der Waals surface area contributed by atoms with E-state index >= 15 is 0 Å². The Morgan fingerprint density at radius 3 is 2.53 bits per heavy atom. The highest BCUT2D eigenvalue weighted by atomic mass is 19.1. The van der Waals surface area contributed by atoms with Crippen LogP contribution in [0.15, 0.2) is 67.0 Å². The van der Waals surface area contributed by atoms with Crippen molar-refractivity contribution >= 4 is 22.8 Å². The number of amides is 1. The van der Waals surface area contributed by atoms with Crippen LogP contribution in [0.25, 0.3) is 22.0 Å². The molecule has 0 saturated heterocycles. The zero-order valence-corrected chi connectivity index (χ0v) is 21.2. The van der Waals surface area contributed by atoms with Gasteiger partial charge in [-0.1, -0.05) is 24.3 Å². The van der Waals surface area contributed by atoms with Crippen LogP contribution in [0.4, 0.5) is 4.39 Å². The summed E-state index contributed by atoms with van der Waals surface area (Å²) in [6.07, 6.45) is 5.83. The van der Waals surface area contributed by atoms with Gasteiger partial charge >= 0.3 is 5.97 Å². The van der Waals surface area contributed by atoms with Crippen molar-refractivity contribution in [2.45, 2.75) is 45.2 Å². The van der Waals surface area contributed by atoms with E-state index in [0.717, 1.165) is 16.7 Å². The number of hydrogen-bond donors (Lipinski definition) is 2. The van der Waals surface area contributed by atoms with E-state index in [1.54, 1.807) is 18.5 Å². The molecule has 2 aromatic carbocycles. The first-order valence-corrected chi connectivity index (χ1v) is 12.9. The van der Waals surface area contributed by atoms with Crippen LogP contribution in [0.5, 0.6) is 5.88 Å². The first kappa shape index (κ1) is 25.4. The molecule has 0 radical (unpaired) electrons. The maximum absolute atomic E-state index is 14.7. The van der Waals surface area contributed by atoms with Gasteiger partial charge in [0.2, 0.25) is 5.88 Å². The van der Waals surface area contributed by atoms with Crippen molar-refractivity contribution in [3.8, 4) is 17.0 Å². The topological polar surface area (TPSA) is 93.5 Å². The largest absolute Gasteiger partial charge is 0.481 e. The number of ether oxygens (including phenoxy) is 1. The van der Waals surface area contributed by atoms with Gasteiger partial charge in [-0.15, -0.1) is 0 Å². The quantitative estimate of drug-likeness (QED) is 0.316. The van der Waals surface area contributed by atoms with Gasteiger partial charge < -0.3 is 19.7 Å². The Hall–Kier alpha value is -4.20. The van der Waals surface area contributed by atoms with E-state index < -0.39 is 5.97 Å². The molecule has 1 saturated carbocycles. The molecule has 8 heteroatoms. The Kier molecular flexibility index (Phi) is 7.40. The van der Waals surface area contributed by atoms with Gasteiger partial charge in [0.05, 0.1) is 23.6 Å². The fourth-order valence-corrected chi connectivity index (χ4v) is 5.17. The number of halogens is 1. The molecule has 196 valence electrons. The highest BCUT2D eigenvalue weighted by Crippen LogP contribution is 2.28. The summed E-state index contributed by atoms with van der Waals surface area (Å²) in [7, 11) is 0. The zero-order chi connectivity index (χ0) is 26.6. The van der Waals surface area contributed by atoms with Crippen LogP contribution in [0.1, 0.15) is 48.5 Å². The van der Waals surface area contributed by atoms with Crippen LogP contribution in [0, 0.1) is 11.7 Å². The maximum atomic E-state index is 14.7. The van der Waals surface area contributed by atoms with Crippen molar-refractivity contribution in [1.82, 2.24) is 14.9 Å². The molecular formula is C30H30FN3O4. The Bertz CT molecular complexity index is 1460. The number of nitrogens with zero attached hydrogens (tertiary/aromatic N) is 2. The molecule has 0 spiro atoms. The number of carbonyl (C=O) groups is 2. The van der Waals surface area contributed by atoms with Gasteiger partial charge in [-0.2, -0.15) is 0 Å². The van der Waals surface area contributed by atoms with Crippen LogP contribution in [0.3, 0.4) is 0 Å². The van der Waals surface area contributed by atoms with Gasteiger partial charge in [0.15, 0.2) is 0 Å². The number of carboxylic acids is 1. The lowest BCUT2D eigenvalue weighted by molar-refractivity contribution is -0.142. The number of hydrogen-bond acceptors (Lipinski definition) is 4. The van der Waals surface area contributed by atoms with Crippen LogP contribution >= 0.6 is 0 Å². The number of pyridine rings is 1. The van der Waals surface area contributed by atoms with Crippen molar-refractivity contribution in [3.05, 3.63) is 83.9 Å². The number of carbonyl (C=O) groups excluding carboxylic acids is 1. The maximum Gasteiger partial charge on any atom is 0.306 e. The zero-order valence-electron chi connectivity index (χ0n) is 21.2. The summed E-state index contributed by atoms with van der Waals surface area (Å²) in [4.78, 5) is 28.7. The third-order valence-electron chi connectivity index (χ3n) is 7.20. The summed E-state index contributed by atoms with van der Waals surface area (Å²) < 4.78 is 22.1. The van der Waals surface area contributed by atoms with Crippen LogP contribution < -0.4 is 10.1 Å². The number of carboxylic acid groups (broad SMARTS) is 1. The van der Waals surface area contributed by atoms with Gasteiger partial charge in [-0.05, 0) is 73.6 Å².